The van der Waals surface area contributed by atoms with Gasteiger partial charge in [-0.05, 0) is 45.0 Å². The van der Waals surface area contributed by atoms with Crippen molar-refractivity contribution < 1.29 is 22.7 Å². The molecule has 1 heterocycles. The Balaban J connectivity index is 2.19. The van der Waals surface area contributed by atoms with Crippen molar-refractivity contribution in [3.63, 3.8) is 0 Å². The first-order valence-electron chi connectivity index (χ1n) is 8.55. The summed E-state index contributed by atoms with van der Waals surface area (Å²) in [6.07, 6.45) is 1.39. The molecule has 0 unspecified atom stereocenters. The Kier molecular flexibility index (Phi) is 6.85. The van der Waals surface area contributed by atoms with Gasteiger partial charge in [0.15, 0.2) is 0 Å². The van der Waals surface area contributed by atoms with Gasteiger partial charge in [0.25, 0.3) is 0 Å². The quantitative estimate of drug-likeness (QED) is 0.625. The summed E-state index contributed by atoms with van der Waals surface area (Å²) in [6, 6.07) is 4.83. The molecule has 1 amide bonds. The normalized spacial score (nSPS) is 16.7. The highest BCUT2D eigenvalue weighted by molar-refractivity contribution is 7.92. The van der Waals surface area contributed by atoms with E-state index in [-0.39, 0.29) is 11.7 Å². The first-order valence-corrected chi connectivity index (χ1v) is 10.2. The highest BCUT2D eigenvalue weighted by atomic mass is 32.2. The summed E-state index contributed by atoms with van der Waals surface area (Å²) < 4.78 is 36.5. The molecular weight excluding hydrogens is 358 g/mol. The van der Waals surface area contributed by atoms with Crippen molar-refractivity contribution in [3.8, 4) is 5.75 Å². The topological polar surface area (TPSA) is 106 Å². The molecule has 0 radical (unpaired) electrons. The zero-order chi connectivity index (χ0) is 19.2. The van der Waals surface area contributed by atoms with Crippen LogP contribution in [0.15, 0.2) is 18.2 Å². The number of ether oxygens (including phenoxy) is 2. The molecule has 2 rings (SSSR count). The lowest BCUT2D eigenvalue weighted by molar-refractivity contribution is -0.130. The third-order valence-corrected chi connectivity index (χ3v) is 5.86. The number of nitrogens with one attached hydrogen (secondary N) is 3. The van der Waals surface area contributed by atoms with Gasteiger partial charge < -0.3 is 20.1 Å². The Labute approximate surface area is 154 Å². The number of sulfonamides is 1. The summed E-state index contributed by atoms with van der Waals surface area (Å²) in [7, 11) is -0.376. The van der Waals surface area contributed by atoms with Gasteiger partial charge in [-0.15, -0.1) is 0 Å². The lowest BCUT2D eigenvalue weighted by Crippen LogP contribution is -2.47. The standard InChI is InChI=1S/C17H27N3O5S/c1-4-26(22,23)20-14-6-5-13(11-15(14)25-3)19-16(21)17(12-24-2)7-9-18-10-8-17/h5-6,11,18,20H,4,7-10,12H2,1-3H3,(H,19,21). The molecule has 0 bridgehead atoms. The van der Waals surface area contributed by atoms with Crippen LogP contribution in [-0.2, 0) is 19.6 Å². The van der Waals surface area contributed by atoms with E-state index in [9.17, 15) is 13.2 Å². The van der Waals surface area contributed by atoms with Crippen LogP contribution >= 0.6 is 0 Å². The van der Waals surface area contributed by atoms with Crippen LogP contribution in [0.5, 0.6) is 5.75 Å². The number of anilines is 2. The summed E-state index contributed by atoms with van der Waals surface area (Å²) in [5, 5.41) is 6.16. The Morgan fingerprint density at radius 1 is 1.27 bits per heavy atom. The van der Waals surface area contributed by atoms with Gasteiger partial charge in [-0.2, -0.15) is 0 Å². The summed E-state index contributed by atoms with van der Waals surface area (Å²) >= 11 is 0. The molecule has 1 aromatic carbocycles. The predicted molar refractivity (Wildman–Crippen MR) is 101 cm³/mol. The zero-order valence-corrected chi connectivity index (χ0v) is 16.2. The molecule has 146 valence electrons. The summed E-state index contributed by atoms with van der Waals surface area (Å²) in [4.78, 5) is 12.9. The summed E-state index contributed by atoms with van der Waals surface area (Å²) in [5.74, 6) is 0.193. The van der Waals surface area contributed by atoms with Crippen LogP contribution in [0.4, 0.5) is 11.4 Å². The van der Waals surface area contributed by atoms with Gasteiger partial charge in [-0.3, -0.25) is 9.52 Å². The number of rotatable bonds is 8. The number of methoxy groups -OCH3 is 2. The van der Waals surface area contributed by atoms with Gasteiger partial charge in [-0.25, -0.2) is 8.42 Å². The third kappa shape index (κ3) is 4.87. The monoisotopic (exact) mass is 385 g/mol. The smallest absolute Gasteiger partial charge is 0.233 e. The largest absolute Gasteiger partial charge is 0.494 e. The van der Waals surface area contributed by atoms with Gasteiger partial charge in [0, 0.05) is 18.9 Å². The Morgan fingerprint density at radius 2 is 1.96 bits per heavy atom. The van der Waals surface area contributed by atoms with Gasteiger partial charge in [0.2, 0.25) is 15.9 Å². The van der Waals surface area contributed by atoms with E-state index >= 15 is 0 Å². The third-order valence-electron chi connectivity index (χ3n) is 4.57. The van der Waals surface area contributed by atoms with E-state index < -0.39 is 15.4 Å². The number of carbonyl (C=O) groups excluding carboxylic acids is 1. The first kappa shape index (κ1) is 20.5. The fourth-order valence-electron chi connectivity index (χ4n) is 2.98. The number of benzene rings is 1. The van der Waals surface area contributed by atoms with Crippen LogP contribution in [0.2, 0.25) is 0 Å². The molecule has 26 heavy (non-hydrogen) atoms. The maximum absolute atomic E-state index is 12.9. The molecule has 3 N–H and O–H groups in total. The van der Waals surface area contributed by atoms with Crippen LogP contribution in [0.1, 0.15) is 19.8 Å². The Hall–Kier alpha value is -1.84. The molecule has 0 saturated carbocycles. The minimum Gasteiger partial charge on any atom is -0.494 e. The zero-order valence-electron chi connectivity index (χ0n) is 15.4. The van der Waals surface area contributed by atoms with Gasteiger partial charge in [0.05, 0.1) is 30.6 Å². The number of hydrogen-bond donors (Lipinski definition) is 3. The Bertz CT molecular complexity index is 724. The fraction of sp³-hybridized carbons (Fsp3) is 0.588. The number of hydrogen-bond acceptors (Lipinski definition) is 6. The van der Waals surface area contributed by atoms with Crippen molar-refractivity contribution in [2.24, 2.45) is 5.41 Å². The summed E-state index contributed by atoms with van der Waals surface area (Å²) in [6.45, 7) is 3.43. The minimum absolute atomic E-state index is 0.0395. The van der Waals surface area contributed by atoms with E-state index in [2.05, 4.69) is 15.4 Å². The SMILES string of the molecule is CCS(=O)(=O)Nc1ccc(NC(=O)C2(COC)CCNCC2)cc1OC. The highest BCUT2D eigenvalue weighted by Gasteiger charge is 2.39. The average molecular weight is 385 g/mol. The molecule has 0 aliphatic carbocycles. The van der Waals surface area contributed by atoms with Crippen molar-refractivity contribution in [2.75, 3.05) is 49.7 Å². The molecule has 0 atom stereocenters. The van der Waals surface area contributed by atoms with Crippen molar-refractivity contribution in [1.29, 1.82) is 0 Å². The van der Waals surface area contributed by atoms with Gasteiger partial charge >= 0.3 is 0 Å². The van der Waals surface area contributed by atoms with Crippen LogP contribution in [0, 0.1) is 5.41 Å². The van der Waals surface area contributed by atoms with E-state index in [1.54, 1.807) is 32.2 Å². The van der Waals surface area contributed by atoms with E-state index in [0.717, 1.165) is 13.1 Å². The van der Waals surface area contributed by atoms with Crippen molar-refractivity contribution in [2.45, 2.75) is 19.8 Å². The van der Waals surface area contributed by atoms with E-state index in [0.29, 0.717) is 36.6 Å². The second kappa shape index (κ2) is 8.70. The highest BCUT2D eigenvalue weighted by Crippen LogP contribution is 2.33. The number of piperidine rings is 1. The molecule has 0 aromatic heterocycles. The Morgan fingerprint density at radius 3 is 2.54 bits per heavy atom. The summed E-state index contributed by atoms with van der Waals surface area (Å²) in [5.41, 5.74) is 0.302. The molecule has 1 aliphatic rings. The molecular formula is C17H27N3O5S. The molecule has 8 nitrogen and oxygen atoms in total. The van der Waals surface area contributed by atoms with Crippen LogP contribution in [0.25, 0.3) is 0 Å². The van der Waals surface area contributed by atoms with Gasteiger partial charge in [0.1, 0.15) is 5.75 Å². The van der Waals surface area contributed by atoms with Crippen LogP contribution in [-0.4, -0.2) is 54.0 Å². The molecule has 1 fully saturated rings. The predicted octanol–water partition coefficient (Wildman–Crippen LogP) is 1.41. The lowest BCUT2D eigenvalue weighted by Gasteiger charge is -2.35. The van der Waals surface area contributed by atoms with Crippen molar-refractivity contribution >= 4 is 27.3 Å². The maximum atomic E-state index is 12.9. The van der Waals surface area contributed by atoms with E-state index in [1.165, 1.54) is 7.11 Å². The number of carbonyl (C=O) groups is 1. The first-order chi connectivity index (χ1) is 12.4. The molecule has 0 spiro atoms. The number of amides is 1. The van der Waals surface area contributed by atoms with Crippen LogP contribution < -0.4 is 20.1 Å². The van der Waals surface area contributed by atoms with Gasteiger partial charge in [-0.1, -0.05) is 0 Å². The maximum Gasteiger partial charge on any atom is 0.233 e. The van der Waals surface area contributed by atoms with Crippen molar-refractivity contribution in [3.05, 3.63) is 18.2 Å². The van der Waals surface area contributed by atoms with E-state index in [4.69, 9.17) is 9.47 Å². The van der Waals surface area contributed by atoms with E-state index in [1.807, 2.05) is 0 Å². The fourth-order valence-corrected chi connectivity index (χ4v) is 3.62. The van der Waals surface area contributed by atoms with Crippen LogP contribution in [0.3, 0.4) is 0 Å². The minimum atomic E-state index is -3.42. The van der Waals surface area contributed by atoms with Crippen molar-refractivity contribution in [1.82, 2.24) is 5.32 Å². The molecule has 1 aliphatic heterocycles. The lowest BCUT2D eigenvalue weighted by atomic mass is 9.78. The second-order valence-electron chi connectivity index (χ2n) is 6.34. The molecule has 9 heteroatoms. The molecule has 1 saturated heterocycles. The second-order valence-corrected chi connectivity index (χ2v) is 8.35. The average Bonchev–Trinajstić information content (AvgIpc) is 2.63. The molecule has 1 aromatic rings.